The van der Waals surface area contributed by atoms with Crippen molar-refractivity contribution in [3.05, 3.63) is 84.2 Å². The second-order valence-electron chi connectivity index (χ2n) is 14.1. The minimum absolute atomic E-state index is 0.332. The Bertz CT molecular complexity index is 2200. The summed E-state index contributed by atoms with van der Waals surface area (Å²) in [6.45, 7) is 3.02. The largest absolute Gasteiger partial charge is 0.465 e. The van der Waals surface area contributed by atoms with Crippen LogP contribution in [0.1, 0.15) is 64.9 Å². The Labute approximate surface area is 286 Å². The van der Waals surface area contributed by atoms with Gasteiger partial charge in [-0.15, -0.1) is 0 Å². The van der Waals surface area contributed by atoms with Crippen LogP contribution in [0.3, 0.4) is 0 Å². The van der Waals surface area contributed by atoms with E-state index in [2.05, 4.69) is 37.2 Å². The zero-order valence-electron chi connectivity index (χ0n) is 27.3. The van der Waals surface area contributed by atoms with E-state index in [1.165, 1.54) is 63.2 Å². The van der Waals surface area contributed by atoms with Gasteiger partial charge in [-0.25, -0.2) is 14.8 Å². The van der Waals surface area contributed by atoms with E-state index < -0.39 is 5.97 Å². The summed E-state index contributed by atoms with van der Waals surface area (Å²) in [7, 11) is 1.38. The van der Waals surface area contributed by atoms with Gasteiger partial charge in [0.1, 0.15) is 11.4 Å². The molecule has 0 atom stereocenters. The van der Waals surface area contributed by atoms with Crippen molar-refractivity contribution in [1.82, 2.24) is 29.1 Å². The third-order valence-electron chi connectivity index (χ3n) is 11.0. The van der Waals surface area contributed by atoms with E-state index in [1.54, 1.807) is 22.9 Å². The van der Waals surface area contributed by atoms with Crippen LogP contribution in [-0.2, 0) is 11.3 Å². The van der Waals surface area contributed by atoms with E-state index in [0.29, 0.717) is 38.8 Å². The number of ether oxygens (including phenoxy) is 1. The van der Waals surface area contributed by atoms with Crippen molar-refractivity contribution in [2.24, 2.45) is 23.2 Å². The van der Waals surface area contributed by atoms with Crippen molar-refractivity contribution in [3.63, 3.8) is 0 Å². The molecule has 0 spiro atoms. The lowest BCUT2D eigenvalue weighted by Gasteiger charge is -2.56. The molecular formula is C37H36N8O3S. The van der Waals surface area contributed by atoms with Gasteiger partial charge in [-0.05, 0) is 92.9 Å². The molecule has 49 heavy (non-hydrogen) atoms. The first-order valence-electron chi connectivity index (χ1n) is 16.9. The number of anilines is 3. The number of amides is 1. The number of carbonyl (C=O) groups is 2. The summed E-state index contributed by atoms with van der Waals surface area (Å²) in [5.41, 5.74) is 5.48. The monoisotopic (exact) mass is 672 g/mol. The molecule has 4 bridgehead atoms. The number of nitrogens with zero attached hydrogens (tertiary/aromatic N) is 6. The van der Waals surface area contributed by atoms with Gasteiger partial charge in [-0.3, -0.25) is 24.2 Å². The number of nitrogens with one attached hydrogen (secondary N) is 2. The molecule has 0 unspecified atom stereocenters. The number of aromatic nitrogens is 6. The highest BCUT2D eigenvalue weighted by atomic mass is 32.1. The Balaban J connectivity index is 1.02. The number of methoxy groups -OCH3 is 1. The highest BCUT2D eigenvalue weighted by molar-refractivity contribution is 7.22. The summed E-state index contributed by atoms with van der Waals surface area (Å²) in [5, 5.41) is 11.6. The average molecular weight is 673 g/mol. The van der Waals surface area contributed by atoms with Crippen molar-refractivity contribution in [3.8, 4) is 11.1 Å². The Morgan fingerprint density at radius 3 is 2.53 bits per heavy atom. The zero-order chi connectivity index (χ0) is 33.3. The quantitative estimate of drug-likeness (QED) is 0.159. The van der Waals surface area contributed by atoms with Crippen molar-refractivity contribution in [2.75, 3.05) is 17.7 Å². The topological polar surface area (TPSA) is 128 Å². The Morgan fingerprint density at radius 1 is 1.00 bits per heavy atom. The van der Waals surface area contributed by atoms with Crippen molar-refractivity contribution >= 4 is 55.7 Å². The van der Waals surface area contributed by atoms with Crippen LogP contribution in [0, 0.1) is 30.1 Å². The average Bonchev–Trinajstić information content (AvgIpc) is 3.80. The molecule has 1 aromatic carbocycles. The molecule has 4 aliphatic rings. The van der Waals surface area contributed by atoms with Crippen LogP contribution >= 0.6 is 11.3 Å². The van der Waals surface area contributed by atoms with Gasteiger partial charge >= 0.3 is 5.97 Å². The number of pyridine rings is 2. The molecule has 5 heterocycles. The number of thiazole rings is 1. The van der Waals surface area contributed by atoms with E-state index in [9.17, 15) is 9.59 Å². The van der Waals surface area contributed by atoms with Crippen LogP contribution in [0.25, 0.3) is 27.0 Å². The molecule has 248 valence electrons. The fourth-order valence-electron chi connectivity index (χ4n) is 9.25. The highest BCUT2D eigenvalue weighted by Gasteiger charge is 2.51. The first kappa shape index (κ1) is 30.0. The van der Waals surface area contributed by atoms with Gasteiger partial charge in [0.05, 0.1) is 41.0 Å². The van der Waals surface area contributed by atoms with Gasteiger partial charge in [-0.2, -0.15) is 5.10 Å². The second-order valence-corrected chi connectivity index (χ2v) is 15.2. The summed E-state index contributed by atoms with van der Waals surface area (Å²) in [4.78, 5) is 40.2. The van der Waals surface area contributed by atoms with Crippen LogP contribution in [0.15, 0.2) is 67.4 Å². The lowest BCUT2D eigenvalue weighted by Crippen LogP contribution is -2.48. The number of carbonyl (C=O) groups excluding carboxylic acids is 2. The molecule has 0 radical (unpaired) electrons. The Hall–Kier alpha value is -5.10. The lowest BCUT2D eigenvalue weighted by atomic mass is 9.49. The number of esters is 1. The van der Waals surface area contributed by atoms with Crippen molar-refractivity contribution in [1.29, 1.82) is 0 Å². The van der Waals surface area contributed by atoms with Gasteiger partial charge in [0, 0.05) is 42.0 Å². The molecule has 10 rings (SSSR count). The SMILES string of the molecule is COC(=O)c1c(-c2cnn(CC34CC5CC(CC(C5)C3)C4)c2C)ccn2c(Nc3ccncc3C(=O)Nc3nc4ccccc4s3)cnc12. The van der Waals surface area contributed by atoms with E-state index >= 15 is 0 Å². The van der Waals surface area contributed by atoms with E-state index in [-0.39, 0.29) is 5.91 Å². The lowest BCUT2D eigenvalue weighted by molar-refractivity contribution is -0.0638. The summed E-state index contributed by atoms with van der Waals surface area (Å²) in [6, 6.07) is 11.4. The number of benzene rings is 1. The van der Waals surface area contributed by atoms with Crippen LogP contribution in [-0.4, -0.2) is 48.1 Å². The van der Waals surface area contributed by atoms with Gasteiger partial charge in [0.15, 0.2) is 10.8 Å². The number of rotatable bonds is 8. The third kappa shape index (κ3) is 5.16. The molecule has 1 amide bonds. The number of imidazole rings is 1. The molecule has 11 nitrogen and oxygen atoms in total. The predicted octanol–water partition coefficient (Wildman–Crippen LogP) is 7.51. The van der Waals surface area contributed by atoms with Crippen LogP contribution < -0.4 is 10.6 Å². The smallest absolute Gasteiger partial charge is 0.342 e. The highest BCUT2D eigenvalue weighted by Crippen LogP contribution is 2.60. The molecule has 0 saturated heterocycles. The van der Waals surface area contributed by atoms with Gasteiger partial charge < -0.3 is 10.1 Å². The van der Waals surface area contributed by atoms with Gasteiger partial charge in [0.25, 0.3) is 5.91 Å². The summed E-state index contributed by atoms with van der Waals surface area (Å²) in [6.07, 6.45) is 16.7. The molecule has 2 N–H and O–H groups in total. The molecule has 4 aliphatic carbocycles. The third-order valence-corrected chi connectivity index (χ3v) is 11.9. The summed E-state index contributed by atoms with van der Waals surface area (Å²) >= 11 is 1.41. The van der Waals surface area contributed by atoms with Crippen molar-refractivity contribution in [2.45, 2.75) is 52.0 Å². The molecule has 6 aromatic rings. The Kier molecular flexibility index (Phi) is 7.04. The number of hydrogen-bond acceptors (Lipinski definition) is 9. The molecule has 4 fully saturated rings. The minimum Gasteiger partial charge on any atom is -0.465 e. The van der Waals surface area contributed by atoms with Crippen LogP contribution in [0.2, 0.25) is 0 Å². The second kappa shape index (κ2) is 11.5. The maximum Gasteiger partial charge on any atom is 0.342 e. The number of fused-ring (bicyclic) bond motifs is 2. The fourth-order valence-corrected chi connectivity index (χ4v) is 10.1. The first-order valence-corrected chi connectivity index (χ1v) is 17.7. The Morgan fingerprint density at radius 2 is 1.78 bits per heavy atom. The number of para-hydroxylation sites is 1. The minimum atomic E-state index is -0.481. The molecular weight excluding hydrogens is 637 g/mol. The normalized spacial score (nSPS) is 22.5. The van der Waals surface area contributed by atoms with Gasteiger partial charge in [0.2, 0.25) is 0 Å². The van der Waals surface area contributed by atoms with Gasteiger partial charge in [-0.1, -0.05) is 23.5 Å². The number of hydrogen-bond donors (Lipinski definition) is 2. The van der Waals surface area contributed by atoms with Crippen LogP contribution in [0.5, 0.6) is 0 Å². The van der Waals surface area contributed by atoms with E-state index in [0.717, 1.165) is 51.3 Å². The standard InChI is InChI=1S/C37H36N8O3S/c1-21-26(18-40-45(21)20-37-14-22-11-23(15-37)13-24(12-22)16-37)25-8-10-44-31(19-39-33(44)32(25)35(47)48-2)41-28-7-9-38-17-27(28)34(46)43-36-42-29-5-3-4-6-30(29)49-36/h3-10,17-19,22-24H,11-16,20H2,1-2H3,(H,38,41)(H,42,43,46). The van der Waals surface area contributed by atoms with E-state index in [4.69, 9.17) is 9.84 Å². The molecule has 12 heteroatoms. The van der Waals surface area contributed by atoms with E-state index in [1.807, 2.05) is 42.7 Å². The molecule has 4 saturated carbocycles. The molecule has 0 aliphatic heterocycles. The summed E-state index contributed by atoms with van der Waals surface area (Å²) < 4.78 is 10.2. The first-order chi connectivity index (χ1) is 23.9. The summed E-state index contributed by atoms with van der Waals surface area (Å²) in [5.74, 6) is 2.35. The van der Waals surface area contributed by atoms with Crippen molar-refractivity contribution < 1.29 is 14.3 Å². The maximum atomic E-state index is 13.4. The van der Waals surface area contributed by atoms with Crippen LogP contribution in [0.4, 0.5) is 16.6 Å². The molecule has 5 aromatic heterocycles. The zero-order valence-corrected chi connectivity index (χ0v) is 28.2. The predicted molar refractivity (Wildman–Crippen MR) is 188 cm³/mol. The maximum absolute atomic E-state index is 13.4. The fraction of sp³-hybridized carbons (Fsp3) is 0.351.